The Bertz CT molecular complexity index is 331. The molecule has 1 aliphatic heterocycles. The van der Waals surface area contributed by atoms with Gasteiger partial charge < -0.3 is 4.74 Å². The Labute approximate surface area is 103 Å². The van der Waals surface area contributed by atoms with E-state index in [1.165, 1.54) is 11.1 Å². The SMILES string of the molecule is Cc1ccc(CCC(NN)C2CCOC2)cc1. The van der Waals surface area contributed by atoms with E-state index in [-0.39, 0.29) is 0 Å². The van der Waals surface area contributed by atoms with E-state index >= 15 is 0 Å². The Hall–Kier alpha value is -0.900. The van der Waals surface area contributed by atoms with Gasteiger partial charge in [0.2, 0.25) is 0 Å². The van der Waals surface area contributed by atoms with Gasteiger partial charge in [-0.3, -0.25) is 11.3 Å². The summed E-state index contributed by atoms with van der Waals surface area (Å²) >= 11 is 0. The molecule has 1 aromatic carbocycles. The average Bonchev–Trinajstić information content (AvgIpc) is 2.86. The third-order valence-electron chi connectivity index (χ3n) is 3.61. The normalized spacial score (nSPS) is 21.6. The monoisotopic (exact) mass is 234 g/mol. The van der Waals surface area contributed by atoms with E-state index in [0.717, 1.165) is 32.5 Å². The van der Waals surface area contributed by atoms with Crippen LogP contribution >= 0.6 is 0 Å². The van der Waals surface area contributed by atoms with E-state index in [1.807, 2.05) is 0 Å². The quantitative estimate of drug-likeness (QED) is 0.603. The highest BCUT2D eigenvalue weighted by atomic mass is 16.5. The number of hydrazine groups is 1. The highest BCUT2D eigenvalue weighted by Gasteiger charge is 2.24. The summed E-state index contributed by atoms with van der Waals surface area (Å²) in [4.78, 5) is 0. The Kier molecular flexibility index (Phi) is 4.54. The fourth-order valence-electron chi connectivity index (χ4n) is 2.40. The highest BCUT2D eigenvalue weighted by Crippen LogP contribution is 2.20. The zero-order valence-corrected chi connectivity index (χ0v) is 10.5. The van der Waals surface area contributed by atoms with Gasteiger partial charge in [-0.2, -0.15) is 0 Å². The maximum Gasteiger partial charge on any atom is 0.0510 e. The van der Waals surface area contributed by atoms with Gasteiger partial charge >= 0.3 is 0 Å². The third-order valence-corrected chi connectivity index (χ3v) is 3.61. The van der Waals surface area contributed by atoms with Crippen molar-refractivity contribution >= 4 is 0 Å². The summed E-state index contributed by atoms with van der Waals surface area (Å²) in [5.74, 6) is 6.21. The van der Waals surface area contributed by atoms with Crippen molar-refractivity contribution in [2.24, 2.45) is 11.8 Å². The van der Waals surface area contributed by atoms with E-state index in [1.54, 1.807) is 0 Å². The zero-order chi connectivity index (χ0) is 12.1. The molecule has 2 unspecified atom stereocenters. The maximum absolute atomic E-state index is 5.64. The first-order valence-electron chi connectivity index (χ1n) is 6.39. The molecular weight excluding hydrogens is 212 g/mol. The highest BCUT2D eigenvalue weighted by molar-refractivity contribution is 5.21. The van der Waals surface area contributed by atoms with Crippen LogP contribution in [0.2, 0.25) is 0 Å². The predicted molar refractivity (Wildman–Crippen MR) is 69.5 cm³/mol. The standard InChI is InChI=1S/C14H22N2O/c1-11-2-4-12(5-3-11)6-7-14(16-15)13-8-9-17-10-13/h2-5,13-14,16H,6-10,15H2,1H3. The van der Waals surface area contributed by atoms with Crippen LogP contribution in [0.25, 0.3) is 0 Å². The molecule has 3 N–H and O–H groups in total. The molecule has 1 heterocycles. The topological polar surface area (TPSA) is 47.3 Å². The van der Waals surface area contributed by atoms with Crippen LogP contribution in [0.4, 0.5) is 0 Å². The van der Waals surface area contributed by atoms with Crippen LogP contribution in [0.5, 0.6) is 0 Å². The van der Waals surface area contributed by atoms with Gasteiger partial charge in [-0.05, 0) is 31.7 Å². The smallest absolute Gasteiger partial charge is 0.0510 e. The summed E-state index contributed by atoms with van der Waals surface area (Å²) in [6.07, 6.45) is 3.28. The van der Waals surface area contributed by atoms with Crippen LogP contribution in [-0.2, 0) is 11.2 Å². The minimum Gasteiger partial charge on any atom is -0.381 e. The van der Waals surface area contributed by atoms with Crippen molar-refractivity contribution in [2.75, 3.05) is 13.2 Å². The number of nitrogens with one attached hydrogen (secondary N) is 1. The average molecular weight is 234 g/mol. The lowest BCUT2D eigenvalue weighted by atomic mass is 9.93. The lowest BCUT2D eigenvalue weighted by molar-refractivity contribution is 0.175. The van der Waals surface area contributed by atoms with Crippen molar-refractivity contribution in [3.8, 4) is 0 Å². The molecule has 1 fully saturated rings. The molecule has 1 aliphatic rings. The molecule has 2 rings (SSSR count). The Morgan fingerprint density at radius 2 is 2.18 bits per heavy atom. The van der Waals surface area contributed by atoms with Gasteiger partial charge in [0.1, 0.15) is 0 Å². The molecule has 0 aliphatic carbocycles. The number of benzene rings is 1. The molecule has 0 spiro atoms. The molecule has 0 amide bonds. The van der Waals surface area contributed by atoms with Gasteiger partial charge in [-0.1, -0.05) is 29.8 Å². The van der Waals surface area contributed by atoms with Gasteiger partial charge in [0.15, 0.2) is 0 Å². The van der Waals surface area contributed by atoms with E-state index in [2.05, 4.69) is 36.6 Å². The second kappa shape index (κ2) is 6.15. The molecule has 1 aromatic rings. The van der Waals surface area contributed by atoms with Crippen LogP contribution in [-0.4, -0.2) is 19.3 Å². The first-order chi connectivity index (χ1) is 8.29. The number of nitrogens with two attached hydrogens (primary N) is 1. The minimum absolute atomic E-state index is 0.374. The molecule has 1 saturated heterocycles. The van der Waals surface area contributed by atoms with Crippen molar-refractivity contribution in [3.05, 3.63) is 35.4 Å². The Balaban J connectivity index is 1.84. The molecule has 0 aromatic heterocycles. The molecule has 3 nitrogen and oxygen atoms in total. The lowest BCUT2D eigenvalue weighted by Crippen LogP contribution is -2.41. The molecule has 0 bridgehead atoms. The van der Waals surface area contributed by atoms with Crippen LogP contribution in [0.1, 0.15) is 24.0 Å². The summed E-state index contributed by atoms with van der Waals surface area (Å²) in [7, 11) is 0. The number of ether oxygens (including phenoxy) is 1. The van der Waals surface area contributed by atoms with E-state index in [4.69, 9.17) is 10.6 Å². The van der Waals surface area contributed by atoms with Crippen molar-refractivity contribution in [1.82, 2.24) is 5.43 Å². The molecule has 0 radical (unpaired) electrons. The van der Waals surface area contributed by atoms with E-state index < -0.39 is 0 Å². The molecule has 2 atom stereocenters. The van der Waals surface area contributed by atoms with Crippen LogP contribution in [0, 0.1) is 12.8 Å². The maximum atomic E-state index is 5.64. The largest absolute Gasteiger partial charge is 0.381 e. The fourth-order valence-corrected chi connectivity index (χ4v) is 2.40. The van der Waals surface area contributed by atoms with Gasteiger partial charge in [0, 0.05) is 18.6 Å². The summed E-state index contributed by atoms with van der Waals surface area (Å²) in [6.45, 7) is 3.85. The van der Waals surface area contributed by atoms with Gasteiger partial charge in [-0.15, -0.1) is 0 Å². The molecular formula is C14H22N2O. The van der Waals surface area contributed by atoms with E-state index in [0.29, 0.717) is 12.0 Å². The number of aryl methyl sites for hydroxylation is 2. The fraction of sp³-hybridized carbons (Fsp3) is 0.571. The van der Waals surface area contributed by atoms with E-state index in [9.17, 15) is 0 Å². The number of hydrogen-bond acceptors (Lipinski definition) is 3. The van der Waals surface area contributed by atoms with Crippen molar-refractivity contribution in [2.45, 2.75) is 32.2 Å². The lowest BCUT2D eigenvalue weighted by Gasteiger charge is -2.21. The molecule has 3 heteroatoms. The second-order valence-corrected chi connectivity index (χ2v) is 4.92. The molecule has 0 saturated carbocycles. The van der Waals surface area contributed by atoms with Crippen LogP contribution < -0.4 is 11.3 Å². The summed E-state index contributed by atoms with van der Waals surface area (Å²) in [5.41, 5.74) is 5.64. The van der Waals surface area contributed by atoms with Crippen molar-refractivity contribution < 1.29 is 4.74 Å². The predicted octanol–water partition coefficient (Wildman–Crippen LogP) is 1.80. The van der Waals surface area contributed by atoms with Crippen LogP contribution in [0.3, 0.4) is 0 Å². The third kappa shape index (κ3) is 3.53. The Morgan fingerprint density at radius 1 is 1.41 bits per heavy atom. The summed E-state index contributed by atoms with van der Waals surface area (Å²) in [6, 6.07) is 9.11. The Morgan fingerprint density at radius 3 is 2.76 bits per heavy atom. The van der Waals surface area contributed by atoms with Crippen LogP contribution in [0.15, 0.2) is 24.3 Å². The first kappa shape index (κ1) is 12.6. The number of hydrogen-bond donors (Lipinski definition) is 2. The zero-order valence-electron chi connectivity index (χ0n) is 10.5. The number of rotatable bonds is 5. The first-order valence-corrected chi connectivity index (χ1v) is 6.39. The second-order valence-electron chi connectivity index (χ2n) is 4.92. The van der Waals surface area contributed by atoms with Crippen molar-refractivity contribution in [3.63, 3.8) is 0 Å². The van der Waals surface area contributed by atoms with Gasteiger partial charge in [0.05, 0.1) is 6.61 Å². The molecule has 17 heavy (non-hydrogen) atoms. The molecule has 94 valence electrons. The summed E-state index contributed by atoms with van der Waals surface area (Å²) < 4.78 is 5.41. The summed E-state index contributed by atoms with van der Waals surface area (Å²) in [5, 5.41) is 0. The van der Waals surface area contributed by atoms with Gasteiger partial charge in [-0.25, -0.2) is 0 Å². The van der Waals surface area contributed by atoms with Gasteiger partial charge in [0.25, 0.3) is 0 Å². The minimum atomic E-state index is 0.374. The van der Waals surface area contributed by atoms with Crippen molar-refractivity contribution in [1.29, 1.82) is 0 Å².